The highest BCUT2D eigenvalue weighted by molar-refractivity contribution is 6.39. The fourth-order valence-electron chi connectivity index (χ4n) is 2.69. The first kappa shape index (κ1) is 15.2. The third kappa shape index (κ3) is 3.23. The molecule has 6 nitrogen and oxygen atoms in total. The summed E-state index contributed by atoms with van der Waals surface area (Å²) >= 11 is 0. The molecule has 1 saturated heterocycles. The first-order valence-electron chi connectivity index (χ1n) is 7.31. The van der Waals surface area contributed by atoms with Crippen LogP contribution < -0.4 is 5.32 Å². The maximum atomic E-state index is 13.3. The molecular formula is C16H16FN3O3. The van der Waals surface area contributed by atoms with Crippen molar-refractivity contribution < 1.29 is 18.5 Å². The van der Waals surface area contributed by atoms with Crippen molar-refractivity contribution in [1.29, 1.82) is 0 Å². The fourth-order valence-corrected chi connectivity index (χ4v) is 2.69. The van der Waals surface area contributed by atoms with E-state index in [1.54, 1.807) is 13.0 Å². The average Bonchev–Trinajstić information content (AvgIpc) is 3.16. The molecule has 1 N–H and O–H groups in total. The summed E-state index contributed by atoms with van der Waals surface area (Å²) in [6, 6.07) is 6.34. The van der Waals surface area contributed by atoms with Gasteiger partial charge in [-0.15, -0.1) is 0 Å². The Labute approximate surface area is 132 Å². The second-order valence-corrected chi connectivity index (χ2v) is 5.59. The number of nitrogens with zero attached hydrogens (tertiary/aromatic N) is 2. The van der Waals surface area contributed by atoms with E-state index in [9.17, 15) is 14.0 Å². The zero-order valence-corrected chi connectivity index (χ0v) is 12.6. The molecule has 3 rings (SSSR count). The molecule has 0 bridgehead atoms. The minimum atomic E-state index is -0.748. The number of amides is 2. The van der Waals surface area contributed by atoms with E-state index in [1.165, 1.54) is 23.3 Å². The van der Waals surface area contributed by atoms with Crippen LogP contribution in [-0.4, -0.2) is 35.0 Å². The Morgan fingerprint density at radius 1 is 1.43 bits per heavy atom. The van der Waals surface area contributed by atoms with E-state index >= 15 is 0 Å². The minimum Gasteiger partial charge on any atom is -0.362 e. The van der Waals surface area contributed by atoms with Gasteiger partial charge < -0.3 is 9.42 Å². The summed E-state index contributed by atoms with van der Waals surface area (Å²) in [5.74, 6) is -1.39. The number of benzene rings is 1. The third-order valence-electron chi connectivity index (χ3n) is 3.97. The Kier molecular flexibility index (Phi) is 4.10. The molecule has 2 aromatic rings. The molecule has 0 unspecified atom stereocenters. The van der Waals surface area contributed by atoms with Crippen molar-refractivity contribution in [1.82, 2.24) is 10.1 Å². The number of aryl methyl sites for hydroxylation is 1. The van der Waals surface area contributed by atoms with Crippen molar-refractivity contribution in [2.75, 3.05) is 18.4 Å². The Bertz CT molecular complexity index is 744. The first-order chi connectivity index (χ1) is 11.0. The fraction of sp³-hybridized carbons (Fsp3) is 0.312. The molecule has 0 spiro atoms. The predicted molar refractivity (Wildman–Crippen MR) is 80.2 cm³/mol. The van der Waals surface area contributed by atoms with Gasteiger partial charge in [0.05, 0.1) is 0 Å². The van der Waals surface area contributed by atoms with Gasteiger partial charge in [-0.05, 0) is 31.0 Å². The van der Waals surface area contributed by atoms with Crippen LogP contribution in [0.15, 0.2) is 35.1 Å². The second kappa shape index (κ2) is 6.20. The highest BCUT2D eigenvalue weighted by Gasteiger charge is 2.31. The highest BCUT2D eigenvalue weighted by Crippen LogP contribution is 2.27. The molecule has 1 aromatic carbocycles. The van der Waals surface area contributed by atoms with Crippen LogP contribution in [0.5, 0.6) is 0 Å². The smallest absolute Gasteiger partial charge is 0.315 e. The van der Waals surface area contributed by atoms with Gasteiger partial charge in [-0.2, -0.15) is 0 Å². The lowest BCUT2D eigenvalue weighted by molar-refractivity contribution is -0.142. The monoisotopic (exact) mass is 317 g/mol. The largest absolute Gasteiger partial charge is 0.362 e. The Balaban J connectivity index is 1.63. The number of carbonyl (C=O) groups excluding carboxylic acids is 2. The molecule has 1 aliphatic heterocycles. The minimum absolute atomic E-state index is 0.0382. The molecular weight excluding hydrogens is 301 g/mol. The van der Waals surface area contributed by atoms with E-state index in [0.717, 1.165) is 5.56 Å². The maximum absolute atomic E-state index is 13.3. The van der Waals surface area contributed by atoms with Crippen LogP contribution in [0.3, 0.4) is 0 Å². The van der Waals surface area contributed by atoms with Crippen molar-refractivity contribution in [3.8, 4) is 0 Å². The van der Waals surface area contributed by atoms with Crippen LogP contribution in [0.1, 0.15) is 23.5 Å². The topological polar surface area (TPSA) is 75.4 Å². The standard InChI is InChI=1S/C16H16FN3O3/c1-10-9-23-19-14(10)18-15(21)16(22)20-6-5-12(8-20)11-3-2-4-13(17)7-11/h2-4,7,9,12H,5-6,8H2,1H3,(H,18,19,21)/t12-/m0/s1. The number of anilines is 1. The summed E-state index contributed by atoms with van der Waals surface area (Å²) in [5.41, 5.74) is 1.48. The summed E-state index contributed by atoms with van der Waals surface area (Å²) in [4.78, 5) is 25.7. The number of nitrogens with one attached hydrogen (secondary N) is 1. The highest BCUT2D eigenvalue weighted by atomic mass is 19.1. The molecule has 0 saturated carbocycles. The van der Waals surface area contributed by atoms with E-state index in [2.05, 4.69) is 10.5 Å². The van der Waals surface area contributed by atoms with Crippen LogP contribution in [-0.2, 0) is 9.59 Å². The van der Waals surface area contributed by atoms with Crippen molar-refractivity contribution in [3.63, 3.8) is 0 Å². The van der Waals surface area contributed by atoms with Crippen LogP contribution in [0, 0.1) is 12.7 Å². The first-order valence-corrected chi connectivity index (χ1v) is 7.31. The molecule has 0 radical (unpaired) electrons. The van der Waals surface area contributed by atoms with Crippen LogP contribution in [0.25, 0.3) is 0 Å². The Morgan fingerprint density at radius 2 is 2.26 bits per heavy atom. The molecule has 23 heavy (non-hydrogen) atoms. The van der Waals surface area contributed by atoms with Gasteiger partial charge in [-0.1, -0.05) is 17.3 Å². The third-order valence-corrected chi connectivity index (χ3v) is 3.97. The van der Waals surface area contributed by atoms with Crippen molar-refractivity contribution in [3.05, 3.63) is 47.5 Å². The molecule has 2 heterocycles. The lowest BCUT2D eigenvalue weighted by Crippen LogP contribution is -2.38. The predicted octanol–water partition coefficient (Wildman–Crippen LogP) is 2.08. The molecule has 7 heteroatoms. The van der Waals surface area contributed by atoms with Gasteiger partial charge in [-0.3, -0.25) is 14.9 Å². The quantitative estimate of drug-likeness (QED) is 0.861. The zero-order valence-electron chi connectivity index (χ0n) is 12.6. The zero-order chi connectivity index (χ0) is 16.4. The summed E-state index contributed by atoms with van der Waals surface area (Å²) < 4.78 is 18.0. The lowest BCUT2D eigenvalue weighted by Gasteiger charge is -2.16. The molecule has 1 fully saturated rings. The van der Waals surface area contributed by atoms with Crippen molar-refractivity contribution >= 4 is 17.6 Å². The normalized spacial score (nSPS) is 17.3. The summed E-state index contributed by atoms with van der Waals surface area (Å²) in [6.07, 6.45) is 2.08. The second-order valence-electron chi connectivity index (χ2n) is 5.59. The van der Waals surface area contributed by atoms with Gasteiger partial charge in [0.25, 0.3) is 0 Å². The van der Waals surface area contributed by atoms with E-state index in [0.29, 0.717) is 25.1 Å². The van der Waals surface area contributed by atoms with E-state index in [4.69, 9.17) is 4.52 Å². The number of rotatable bonds is 2. The number of aromatic nitrogens is 1. The SMILES string of the molecule is Cc1conc1NC(=O)C(=O)N1CC[C@H](c2cccc(F)c2)C1. The van der Waals surface area contributed by atoms with Gasteiger partial charge in [0.2, 0.25) is 0 Å². The van der Waals surface area contributed by atoms with Gasteiger partial charge in [0, 0.05) is 24.6 Å². The van der Waals surface area contributed by atoms with E-state index < -0.39 is 11.8 Å². The van der Waals surface area contributed by atoms with Crippen molar-refractivity contribution in [2.45, 2.75) is 19.3 Å². The maximum Gasteiger partial charge on any atom is 0.315 e. The molecule has 1 aromatic heterocycles. The van der Waals surface area contributed by atoms with E-state index in [-0.39, 0.29) is 17.6 Å². The molecule has 1 atom stereocenters. The summed E-state index contributed by atoms with van der Waals surface area (Å²) in [7, 11) is 0. The lowest BCUT2D eigenvalue weighted by atomic mass is 9.98. The molecule has 1 aliphatic rings. The Morgan fingerprint density at radius 3 is 2.96 bits per heavy atom. The summed E-state index contributed by atoms with van der Waals surface area (Å²) in [5, 5.41) is 6.05. The van der Waals surface area contributed by atoms with Gasteiger partial charge in [-0.25, -0.2) is 4.39 Å². The van der Waals surface area contributed by atoms with E-state index in [1.807, 2.05) is 6.07 Å². The average molecular weight is 317 g/mol. The molecule has 2 amide bonds. The molecule has 120 valence electrons. The number of likely N-dealkylation sites (tertiary alicyclic amines) is 1. The number of carbonyl (C=O) groups is 2. The Hall–Kier alpha value is -2.70. The van der Waals surface area contributed by atoms with Gasteiger partial charge in [0.15, 0.2) is 5.82 Å². The van der Waals surface area contributed by atoms with Crippen LogP contribution >= 0.6 is 0 Å². The van der Waals surface area contributed by atoms with Gasteiger partial charge >= 0.3 is 11.8 Å². The molecule has 0 aliphatic carbocycles. The number of hydrogen-bond donors (Lipinski definition) is 1. The number of hydrogen-bond acceptors (Lipinski definition) is 4. The van der Waals surface area contributed by atoms with Crippen LogP contribution in [0.2, 0.25) is 0 Å². The van der Waals surface area contributed by atoms with Gasteiger partial charge in [0.1, 0.15) is 12.1 Å². The van der Waals surface area contributed by atoms with Crippen molar-refractivity contribution in [2.24, 2.45) is 0 Å². The summed E-state index contributed by atoms with van der Waals surface area (Å²) in [6.45, 7) is 2.57. The number of halogens is 1. The van der Waals surface area contributed by atoms with Crippen LogP contribution in [0.4, 0.5) is 10.2 Å².